The van der Waals surface area contributed by atoms with Crippen molar-refractivity contribution < 1.29 is 45.5 Å². The predicted molar refractivity (Wildman–Crippen MR) is 208 cm³/mol. The Hall–Kier alpha value is -4.64. The van der Waals surface area contributed by atoms with E-state index in [0.717, 1.165) is 111 Å². The lowest BCUT2D eigenvalue weighted by Crippen LogP contribution is -2.34. The highest BCUT2D eigenvalue weighted by Crippen LogP contribution is 2.40. The van der Waals surface area contributed by atoms with Crippen LogP contribution in [0.15, 0.2) is 55.8 Å². The van der Waals surface area contributed by atoms with Gasteiger partial charge in [-0.25, -0.2) is 19.0 Å². The quantitative estimate of drug-likeness (QED) is 0.122. The molecule has 0 unspecified atom stereocenters. The summed E-state index contributed by atoms with van der Waals surface area (Å²) in [6.45, 7) is 6.08. The van der Waals surface area contributed by atoms with Gasteiger partial charge < -0.3 is 29.7 Å². The van der Waals surface area contributed by atoms with Crippen molar-refractivity contribution in [2.75, 3.05) is 10.6 Å². The molecule has 0 atom stereocenters. The standard InChI is InChI=1S/2C20H24N2O5S/c2*1-20(2,24)14-10-17(27-11-14)28(25,26)22-19(23)21-18-15-7-3-5-12(15)9-13-6-4-8-16(13)18/h2*9-11,24H,3-8H2,1-2H3,(H2,21,22,23). The van der Waals surface area contributed by atoms with Crippen LogP contribution in [0.5, 0.6) is 0 Å². The summed E-state index contributed by atoms with van der Waals surface area (Å²) < 4.78 is 64.1. The number of fused-ring (bicyclic) bond motifs is 4. The second-order valence-corrected chi connectivity index (χ2v) is 19.2. The lowest BCUT2D eigenvalue weighted by molar-refractivity contribution is 0.0773. The van der Waals surface area contributed by atoms with Gasteiger partial charge in [-0.15, -0.1) is 0 Å². The molecular formula is C40H48N4O10S2. The van der Waals surface area contributed by atoms with Crippen molar-refractivity contribution in [3.05, 3.63) is 92.4 Å². The van der Waals surface area contributed by atoms with Crippen molar-refractivity contribution in [1.29, 1.82) is 0 Å². The third-order valence-corrected chi connectivity index (χ3v) is 13.4. The van der Waals surface area contributed by atoms with Gasteiger partial charge in [0.05, 0.1) is 23.7 Å². The van der Waals surface area contributed by atoms with E-state index in [9.17, 15) is 36.6 Å². The number of anilines is 2. The fourth-order valence-corrected chi connectivity index (χ4v) is 9.82. The molecule has 4 amide bonds. The van der Waals surface area contributed by atoms with Gasteiger partial charge in [-0.2, -0.15) is 16.8 Å². The van der Waals surface area contributed by atoms with E-state index in [0.29, 0.717) is 11.1 Å². The molecule has 8 rings (SSSR count). The van der Waals surface area contributed by atoms with Crippen LogP contribution >= 0.6 is 0 Å². The van der Waals surface area contributed by atoms with Crippen LogP contribution in [0, 0.1) is 0 Å². The van der Waals surface area contributed by atoms with Crippen LogP contribution in [0.3, 0.4) is 0 Å². The number of aliphatic hydroxyl groups is 2. The molecule has 16 heteroatoms. The van der Waals surface area contributed by atoms with E-state index in [1.54, 1.807) is 0 Å². The summed E-state index contributed by atoms with van der Waals surface area (Å²) in [5.74, 6) is 0. The Morgan fingerprint density at radius 1 is 0.536 bits per heavy atom. The molecule has 0 bridgehead atoms. The number of hydrogen-bond acceptors (Lipinski definition) is 10. The van der Waals surface area contributed by atoms with Crippen LogP contribution < -0.4 is 20.1 Å². The Kier molecular flexibility index (Phi) is 10.4. The zero-order valence-electron chi connectivity index (χ0n) is 31.9. The third-order valence-electron chi connectivity index (χ3n) is 11.0. The molecule has 0 radical (unpaired) electrons. The fraction of sp³-hybridized carbons (Fsp3) is 0.450. The largest absolute Gasteiger partial charge is 0.451 e. The van der Waals surface area contributed by atoms with Crippen molar-refractivity contribution in [1.82, 2.24) is 9.44 Å². The van der Waals surface area contributed by atoms with Crippen molar-refractivity contribution in [2.45, 2.75) is 126 Å². The SMILES string of the molecule is CC(C)(O)c1coc(S(=O)(=O)NC(=O)Nc2c3c(cc4c2CCC4)CCC3)c1.CC(C)(O)c1coc(S(=O)(=O)NC(=O)Nc2c3c(cc4c2CCC4)CCC3)c1. The van der Waals surface area contributed by atoms with Crippen LogP contribution in [0.2, 0.25) is 0 Å². The summed E-state index contributed by atoms with van der Waals surface area (Å²) in [7, 11) is -8.37. The maximum atomic E-state index is 12.5. The number of urea groups is 2. The van der Waals surface area contributed by atoms with Crippen molar-refractivity contribution >= 4 is 43.5 Å². The molecule has 0 saturated heterocycles. The molecule has 6 N–H and O–H groups in total. The fourth-order valence-electron chi connectivity index (χ4n) is 8.11. The van der Waals surface area contributed by atoms with E-state index in [1.807, 2.05) is 9.44 Å². The molecule has 2 aromatic carbocycles. The maximum Gasteiger partial charge on any atom is 0.333 e. The molecule has 0 spiro atoms. The highest BCUT2D eigenvalue weighted by molar-refractivity contribution is 7.90. The number of furan rings is 2. The summed E-state index contributed by atoms with van der Waals surface area (Å²) in [6.07, 6.45) is 14.0. The van der Waals surface area contributed by atoms with E-state index in [1.165, 1.54) is 74.6 Å². The Balaban J connectivity index is 0.000000172. The summed E-state index contributed by atoms with van der Waals surface area (Å²) in [5, 5.41) is 24.7. The number of carbonyl (C=O) groups is 2. The van der Waals surface area contributed by atoms with Crippen LogP contribution in [0.1, 0.15) is 109 Å². The van der Waals surface area contributed by atoms with Crippen LogP contribution in [-0.4, -0.2) is 39.1 Å². The van der Waals surface area contributed by atoms with Gasteiger partial charge in [0.25, 0.3) is 20.0 Å². The van der Waals surface area contributed by atoms with Crippen molar-refractivity contribution in [3.63, 3.8) is 0 Å². The number of nitrogens with one attached hydrogen (secondary N) is 4. The number of sulfonamides is 2. The van der Waals surface area contributed by atoms with E-state index in [4.69, 9.17) is 8.83 Å². The van der Waals surface area contributed by atoms with Crippen LogP contribution in [-0.2, 0) is 82.6 Å². The summed E-state index contributed by atoms with van der Waals surface area (Å²) in [5.41, 5.74) is 9.16. The molecule has 56 heavy (non-hydrogen) atoms. The zero-order valence-corrected chi connectivity index (χ0v) is 33.6. The van der Waals surface area contributed by atoms with Gasteiger partial charge in [-0.3, -0.25) is 0 Å². The molecule has 4 aliphatic carbocycles. The molecule has 0 fully saturated rings. The lowest BCUT2D eigenvalue weighted by Gasteiger charge is -2.16. The minimum atomic E-state index is -4.19. The van der Waals surface area contributed by atoms with Gasteiger partial charge in [-0.05, 0) is 149 Å². The number of hydrogen-bond donors (Lipinski definition) is 6. The Morgan fingerprint density at radius 3 is 1.11 bits per heavy atom. The molecule has 2 aromatic heterocycles. The lowest BCUT2D eigenvalue weighted by atomic mass is 9.99. The van der Waals surface area contributed by atoms with Gasteiger partial charge >= 0.3 is 12.1 Å². The highest BCUT2D eigenvalue weighted by Gasteiger charge is 2.31. The Bertz CT molecular complexity index is 2200. The minimum Gasteiger partial charge on any atom is -0.451 e. The zero-order chi connectivity index (χ0) is 40.2. The molecule has 0 saturated carbocycles. The van der Waals surface area contributed by atoms with Gasteiger partial charge in [0.2, 0.25) is 10.2 Å². The smallest absolute Gasteiger partial charge is 0.333 e. The maximum absolute atomic E-state index is 12.5. The van der Waals surface area contributed by atoms with Gasteiger partial charge in [0.15, 0.2) is 0 Å². The van der Waals surface area contributed by atoms with Gasteiger partial charge in [-0.1, -0.05) is 12.1 Å². The first-order valence-corrected chi connectivity index (χ1v) is 21.9. The van der Waals surface area contributed by atoms with Crippen LogP contribution in [0.4, 0.5) is 21.0 Å². The van der Waals surface area contributed by atoms with E-state index in [2.05, 4.69) is 22.8 Å². The van der Waals surface area contributed by atoms with Gasteiger partial charge in [0.1, 0.15) is 0 Å². The number of benzene rings is 2. The molecule has 300 valence electrons. The number of carbonyl (C=O) groups excluding carboxylic acids is 2. The Morgan fingerprint density at radius 2 is 0.839 bits per heavy atom. The van der Waals surface area contributed by atoms with E-state index < -0.39 is 53.5 Å². The summed E-state index contributed by atoms with van der Waals surface area (Å²) >= 11 is 0. The normalized spacial score (nSPS) is 16.0. The second-order valence-electron chi connectivity index (χ2n) is 16.0. The minimum absolute atomic E-state index is 0.312. The van der Waals surface area contributed by atoms with E-state index >= 15 is 0 Å². The topological polar surface area (TPSA) is 217 Å². The average Bonchev–Trinajstić information content (AvgIpc) is 3.95. The molecular weight excluding hydrogens is 761 g/mol. The summed E-state index contributed by atoms with van der Waals surface area (Å²) in [4.78, 5) is 25.0. The van der Waals surface area contributed by atoms with Gasteiger partial charge in [0, 0.05) is 34.6 Å². The monoisotopic (exact) mass is 808 g/mol. The van der Waals surface area contributed by atoms with Crippen molar-refractivity contribution in [3.8, 4) is 0 Å². The number of amides is 4. The molecule has 14 nitrogen and oxygen atoms in total. The first kappa shape index (κ1) is 39.6. The first-order chi connectivity index (χ1) is 26.3. The molecule has 4 aromatic rings. The second kappa shape index (κ2) is 14.7. The highest BCUT2D eigenvalue weighted by atomic mass is 32.2. The first-order valence-electron chi connectivity index (χ1n) is 18.9. The summed E-state index contributed by atoms with van der Waals surface area (Å²) in [6, 6.07) is 5.30. The third kappa shape index (κ3) is 8.10. The van der Waals surface area contributed by atoms with Crippen LogP contribution in [0.25, 0.3) is 0 Å². The Labute approximate surface area is 326 Å². The number of aryl methyl sites for hydroxylation is 4. The molecule has 4 aliphatic rings. The number of rotatable bonds is 8. The van der Waals surface area contributed by atoms with E-state index in [-0.39, 0.29) is 0 Å². The van der Waals surface area contributed by atoms with Crippen molar-refractivity contribution in [2.24, 2.45) is 0 Å². The average molecular weight is 809 g/mol. The molecule has 2 heterocycles. The molecule has 0 aliphatic heterocycles. The predicted octanol–water partition coefficient (Wildman–Crippen LogP) is 5.99.